The molecule has 0 aromatic heterocycles. The summed E-state index contributed by atoms with van der Waals surface area (Å²) in [6, 6.07) is 12.2. The van der Waals surface area contributed by atoms with E-state index in [1.54, 1.807) is 25.3 Å². The summed E-state index contributed by atoms with van der Waals surface area (Å²) in [5, 5.41) is 3.30. The lowest BCUT2D eigenvalue weighted by atomic mass is 10.1. The lowest BCUT2D eigenvalue weighted by Gasteiger charge is -2.11. The normalized spacial score (nSPS) is 10.6. The predicted octanol–water partition coefficient (Wildman–Crippen LogP) is 3.66. The van der Waals surface area contributed by atoms with Gasteiger partial charge in [0.25, 0.3) is 0 Å². The number of nitrogens with one attached hydrogen (secondary N) is 1. The molecule has 0 aliphatic rings. The van der Waals surface area contributed by atoms with Gasteiger partial charge in [0, 0.05) is 20.2 Å². The number of hydrogen-bond donors (Lipinski definition) is 1. The molecule has 0 saturated heterocycles. The zero-order chi connectivity index (χ0) is 15.1. The zero-order valence-corrected chi connectivity index (χ0v) is 12.4. The van der Waals surface area contributed by atoms with Gasteiger partial charge in [-0.05, 0) is 42.3 Å². The van der Waals surface area contributed by atoms with Gasteiger partial charge in [-0.15, -0.1) is 0 Å². The molecule has 3 nitrogen and oxygen atoms in total. The summed E-state index contributed by atoms with van der Waals surface area (Å²) in [7, 11) is 1.68. The Bertz CT molecular complexity index is 587. The van der Waals surface area contributed by atoms with E-state index in [0.29, 0.717) is 12.4 Å². The van der Waals surface area contributed by atoms with Crippen molar-refractivity contribution < 1.29 is 13.9 Å². The number of ether oxygens (including phenoxy) is 2. The van der Waals surface area contributed by atoms with Crippen LogP contribution in [0.4, 0.5) is 4.39 Å². The smallest absolute Gasteiger partial charge is 0.165 e. The maximum atomic E-state index is 13.5. The minimum atomic E-state index is -0.361. The van der Waals surface area contributed by atoms with Crippen LogP contribution in [0, 0.1) is 12.7 Å². The van der Waals surface area contributed by atoms with Crippen molar-refractivity contribution in [1.29, 1.82) is 0 Å². The van der Waals surface area contributed by atoms with E-state index >= 15 is 0 Å². The Morgan fingerprint density at radius 1 is 1.14 bits per heavy atom. The number of para-hydroxylation sites is 1. The average molecular weight is 289 g/mol. The first-order chi connectivity index (χ1) is 10.2. The van der Waals surface area contributed by atoms with E-state index in [1.807, 2.05) is 25.1 Å². The van der Waals surface area contributed by atoms with Crippen LogP contribution in [-0.4, -0.2) is 20.3 Å². The third kappa shape index (κ3) is 4.55. The lowest BCUT2D eigenvalue weighted by Crippen LogP contribution is -2.19. The first-order valence-electron chi connectivity index (χ1n) is 6.92. The maximum Gasteiger partial charge on any atom is 0.165 e. The zero-order valence-electron chi connectivity index (χ0n) is 12.4. The summed E-state index contributed by atoms with van der Waals surface area (Å²) in [4.78, 5) is 0. The van der Waals surface area contributed by atoms with Gasteiger partial charge >= 0.3 is 0 Å². The van der Waals surface area contributed by atoms with E-state index in [2.05, 4.69) is 5.32 Å². The van der Waals surface area contributed by atoms with Crippen LogP contribution in [0.15, 0.2) is 42.5 Å². The molecule has 0 aliphatic heterocycles. The molecule has 2 rings (SSSR count). The first-order valence-corrected chi connectivity index (χ1v) is 6.92. The number of aryl methyl sites for hydroxylation is 1. The highest BCUT2D eigenvalue weighted by atomic mass is 19.1. The molecule has 2 aromatic rings. The van der Waals surface area contributed by atoms with Crippen molar-refractivity contribution in [3.8, 4) is 11.5 Å². The predicted molar refractivity (Wildman–Crippen MR) is 81.2 cm³/mol. The van der Waals surface area contributed by atoms with E-state index in [-0.39, 0.29) is 11.6 Å². The summed E-state index contributed by atoms with van der Waals surface area (Å²) in [5.74, 6) is 0.515. The Labute approximate surface area is 124 Å². The molecular weight excluding hydrogens is 269 g/mol. The van der Waals surface area contributed by atoms with Crippen LogP contribution in [0.3, 0.4) is 0 Å². The summed E-state index contributed by atoms with van der Waals surface area (Å²) in [6.45, 7) is 4.29. The van der Waals surface area contributed by atoms with Gasteiger partial charge < -0.3 is 14.8 Å². The van der Waals surface area contributed by atoms with Crippen LogP contribution in [0.25, 0.3) is 0 Å². The van der Waals surface area contributed by atoms with Gasteiger partial charge in [-0.25, -0.2) is 4.39 Å². The summed E-state index contributed by atoms with van der Waals surface area (Å²) in [6.07, 6.45) is 0. The van der Waals surface area contributed by atoms with Gasteiger partial charge in [-0.2, -0.15) is 0 Å². The van der Waals surface area contributed by atoms with Crippen LogP contribution >= 0.6 is 0 Å². The van der Waals surface area contributed by atoms with Crippen LogP contribution in [0.5, 0.6) is 11.5 Å². The Morgan fingerprint density at radius 2 is 1.95 bits per heavy atom. The Hall–Kier alpha value is -1.91. The second kappa shape index (κ2) is 7.76. The van der Waals surface area contributed by atoms with Crippen LogP contribution < -0.4 is 10.1 Å². The van der Waals surface area contributed by atoms with E-state index in [1.165, 1.54) is 11.6 Å². The number of rotatable bonds is 7. The molecule has 0 saturated carbocycles. The fraction of sp³-hybridized carbons (Fsp3) is 0.294. The highest BCUT2D eigenvalue weighted by Crippen LogP contribution is 2.25. The average Bonchev–Trinajstić information content (AvgIpc) is 2.48. The molecule has 0 radical (unpaired) electrons. The fourth-order valence-corrected chi connectivity index (χ4v) is 1.98. The second-order valence-corrected chi connectivity index (χ2v) is 4.79. The molecule has 0 spiro atoms. The number of methoxy groups -OCH3 is 1. The largest absolute Gasteiger partial charge is 0.454 e. The third-order valence-electron chi connectivity index (χ3n) is 3.18. The molecule has 0 heterocycles. The Morgan fingerprint density at radius 3 is 2.67 bits per heavy atom. The number of hydrogen-bond acceptors (Lipinski definition) is 3. The van der Waals surface area contributed by atoms with Crippen molar-refractivity contribution in [2.24, 2.45) is 0 Å². The van der Waals surface area contributed by atoms with Crippen LogP contribution in [0.2, 0.25) is 0 Å². The third-order valence-corrected chi connectivity index (χ3v) is 3.18. The van der Waals surface area contributed by atoms with Gasteiger partial charge in [-0.3, -0.25) is 0 Å². The topological polar surface area (TPSA) is 30.5 Å². The van der Waals surface area contributed by atoms with Gasteiger partial charge in [0.15, 0.2) is 11.6 Å². The summed E-state index contributed by atoms with van der Waals surface area (Å²) >= 11 is 0. The standard InChI is InChI=1S/C17H20FNO2/c1-13-11-15(21-17-6-4-3-5-16(17)18)8-7-14(13)12-19-9-10-20-2/h3-8,11,19H,9-10,12H2,1-2H3. The second-order valence-electron chi connectivity index (χ2n) is 4.79. The highest BCUT2D eigenvalue weighted by molar-refractivity contribution is 5.38. The monoisotopic (exact) mass is 289 g/mol. The molecule has 0 aliphatic carbocycles. The van der Waals surface area contributed by atoms with Gasteiger partial charge in [0.2, 0.25) is 0 Å². The minimum Gasteiger partial charge on any atom is -0.454 e. The number of benzene rings is 2. The molecule has 0 amide bonds. The van der Waals surface area contributed by atoms with Crippen LogP contribution in [-0.2, 0) is 11.3 Å². The highest BCUT2D eigenvalue weighted by Gasteiger charge is 2.05. The molecule has 0 bridgehead atoms. The van der Waals surface area contributed by atoms with Crippen molar-refractivity contribution in [2.75, 3.05) is 20.3 Å². The molecule has 2 aromatic carbocycles. The van der Waals surface area contributed by atoms with E-state index in [0.717, 1.165) is 18.7 Å². The van der Waals surface area contributed by atoms with Crippen molar-refractivity contribution >= 4 is 0 Å². The summed E-state index contributed by atoms with van der Waals surface area (Å²) in [5.41, 5.74) is 2.29. The number of halogens is 1. The van der Waals surface area contributed by atoms with Crippen molar-refractivity contribution in [1.82, 2.24) is 5.32 Å². The molecule has 4 heteroatoms. The maximum absolute atomic E-state index is 13.5. The van der Waals surface area contributed by atoms with Crippen molar-refractivity contribution in [2.45, 2.75) is 13.5 Å². The molecule has 0 fully saturated rings. The van der Waals surface area contributed by atoms with Crippen molar-refractivity contribution in [3.63, 3.8) is 0 Å². The van der Waals surface area contributed by atoms with E-state index in [9.17, 15) is 4.39 Å². The van der Waals surface area contributed by atoms with Gasteiger partial charge in [-0.1, -0.05) is 18.2 Å². The molecule has 1 N–H and O–H groups in total. The molecule has 0 unspecified atom stereocenters. The lowest BCUT2D eigenvalue weighted by molar-refractivity contribution is 0.199. The quantitative estimate of drug-likeness (QED) is 0.789. The molecule has 21 heavy (non-hydrogen) atoms. The molecular formula is C17H20FNO2. The van der Waals surface area contributed by atoms with Crippen LogP contribution in [0.1, 0.15) is 11.1 Å². The van der Waals surface area contributed by atoms with Gasteiger partial charge in [0.1, 0.15) is 5.75 Å². The van der Waals surface area contributed by atoms with Gasteiger partial charge in [0.05, 0.1) is 6.61 Å². The Balaban J connectivity index is 2.00. The van der Waals surface area contributed by atoms with Crippen molar-refractivity contribution in [3.05, 3.63) is 59.4 Å². The van der Waals surface area contributed by atoms with E-state index in [4.69, 9.17) is 9.47 Å². The van der Waals surface area contributed by atoms with E-state index < -0.39 is 0 Å². The molecule has 0 atom stereocenters. The summed E-state index contributed by atoms with van der Waals surface area (Å²) < 4.78 is 24.1. The first kappa shape index (κ1) is 15.5. The molecule has 112 valence electrons. The minimum absolute atomic E-state index is 0.239. The SMILES string of the molecule is COCCNCc1ccc(Oc2ccccc2F)cc1C. The Kier molecular flexibility index (Phi) is 5.72. The fourth-order valence-electron chi connectivity index (χ4n) is 1.98.